The maximum atomic E-state index is 4.57. The molecule has 0 radical (unpaired) electrons. The third kappa shape index (κ3) is 1.67. The van der Waals surface area contributed by atoms with Gasteiger partial charge in [0, 0.05) is 11.6 Å². The van der Waals surface area contributed by atoms with E-state index in [4.69, 9.17) is 0 Å². The molecule has 0 unspecified atom stereocenters. The third-order valence-corrected chi connectivity index (χ3v) is 3.26. The number of fused-ring (bicyclic) bond motifs is 2. The lowest BCUT2D eigenvalue weighted by molar-refractivity contribution is 1.25. The van der Waals surface area contributed by atoms with Gasteiger partial charge in [0.2, 0.25) is 0 Å². The molecule has 4 rings (SSSR count). The van der Waals surface area contributed by atoms with Gasteiger partial charge in [-0.1, -0.05) is 36.4 Å². The van der Waals surface area contributed by atoms with Crippen LogP contribution in [0.2, 0.25) is 0 Å². The van der Waals surface area contributed by atoms with E-state index in [0.717, 1.165) is 27.9 Å². The Morgan fingerprint density at radius 1 is 0.842 bits per heavy atom. The third-order valence-electron chi connectivity index (χ3n) is 3.26. The van der Waals surface area contributed by atoms with E-state index in [1.54, 1.807) is 0 Å². The Balaban J connectivity index is 1.93. The van der Waals surface area contributed by atoms with Crippen molar-refractivity contribution in [3.8, 4) is 11.5 Å². The van der Waals surface area contributed by atoms with Crippen LogP contribution in [0.15, 0.2) is 60.8 Å². The van der Waals surface area contributed by atoms with E-state index in [1.807, 2.05) is 42.6 Å². The Kier molecular flexibility index (Phi) is 2.12. The lowest BCUT2D eigenvalue weighted by atomic mass is 10.1. The van der Waals surface area contributed by atoms with Crippen molar-refractivity contribution < 1.29 is 0 Å². The molecule has 4 aromatic rings. The second-order valence-corrected chi connectivity index (χ2v) is 4.52. The van der Waals surface area contributed by atoms with E-state index in [-0.39, 0.29) is 0 Å². The molecule has 0 atom stereocenters. The Bertz CT molecular complexity index is 844. The summed E-state index contributed by atoms with van der Waals surface area (Å²) in [5, 5.41) is 2.32. The number of pyridine rings is 1. The molecule has 19 heavy (non-hydrogen) atoms. The first-order valence-corrected chi connectivity index (χ1v) is 6.20. The highest BCUT2D eigenvalue weighted by atomic mass is 14.9. The number of H-pyrrole nitrogens is 1. The number of nitrogens with one attached hydrogen (secondary N) is 1. The molecule has 0 aliphatic rings. The molecular weight excluding hydrogens is 234 g/mol. The van der Waals surface area contributed by atoms with E-state index < -0.39 is 0 Å². The summed E-state index contributed by atoms with van der Waals surface area (Å²) in [6.07, 6.45) is 1.89. The van der Waals surface area contributed by atoms with Crippen LogP contribution in [0.4, 0.5) is 0 Å². The lowest BCUT2D eigenvalue weighted by Crippen LogP contribution is -1.85. The molecule has 0 aliphatic carbocycles. The smallest absolute Gasteiger partial charge is 0.157 e. The van der Waals surface area contributed by atoms with Gasteiger partial charge in [-0.2, -0.15) is 0 Å². The van der Waals surface area contributed by atoms with Gasteiger partial charge in [-0.3, -0.25) is 4.98 Å². The molecule has 90 valence electrons. The minimum atomic E-state index is 0.812. The summed E-state index contributed by atoms with van der Waals surface area (Å²) in [6, 6.07) is 18.3. The topological polar surface area (TPSA) is 41.6 Å². The van der Waals surface area contributed by atoms with Gasteiger partial charge in [0.05, 0.1) is 11.0 Å². The fourth-order valence-electron chi connectivity index (χ4n) is 2.29. The van der Waals surface area contributed by atoms with Gasteiger partial charge in [0.1, 0.15) is 5.69 Å². The minimum Gasteiger partial charge on any atom is -0.337 e. The van der Waals surface area contributed by atoms with Crippen molar-refractivity contribution in [2.75, 3.05) is 0 Å². The van der Waals surface area contributed by atoms with E-state index in [9.17, 15) is 0 Å². The fraction of sp³-hybridized carbons (Fsp3) is 0. The van der Waals surface area contributed by atoms with Crippen molar-refractivity contribution in [2.45, 2.75) is 0 Å². The number of imidazole rings is 1. The van der Waals surface area contributed by atoms with Crippen LogP contribution < -0.4 is 0 Å². The van der Waals surface area contributed by atoms with Crippen LogP contribution in [0.3, 0.4) is 0 Å². The highest BCUT2D eigenvalue weighted by Gasteiger charge is 2.06. The quantitative estimate of drug-likeness (QED) is 0.554. The zero-order valence-electron chi connectivity index (χ0n) is 10.2. The first kappa shape index (κ1) is 10.3. The zero-order chi connectivity index (χ0) is 12.7. The van der Waals surface area contributed by atoms with Crippen LogP contribution in [0.1, 0.15) is 0 Å². The van der Waals surface area contributed by atoms with Gasteiger partial charge in [-0.15, -0.1) is 0 Å². The van der Waals surface area contributed by atoms with Gasteiger partial charge in [0.25, 0.3) is 0 Å². The molecule has 1 N–H and O–H groups in total. The van der Waals surface area contributed by atoms with E-state index in [1.165, 1.54) is 5.39 Å². The number of para-hydroxylation sites is 2. The Hall–Kier alpha value is -2.68. The lowest BCUT2D eigenvalue weighted by Gasteiger charge is -1.99. The molecule has 3 heteroatoms. The average molecular weight is 245 g/mol. The number of aromatic nitrogens is 3. The van der Waals surface area contributed by atoms with Gasteiger partial charge >= 0.3 is 0 Å². The zero-order valence-corrected chi connectivity index (χ0v) is 10.2. The van der Waals surface area contributed by atoms with E-state index in [0.29, 0.717) is 0 Å². The predicted molar refractivity (Wildman–Crippen MR) is 76.8 cm³/mol. The number of benzene rings is 2. The maximum Gasteiger partial charge on any atom is 0.157 e. The second kappa shape index (κ2) is 3.92. The second-order valence-electron chi connectivity index (χ2n) is 4.52. The van der Waals surface area contributed by atoms with Crippen molar-refractivity contribution >= 4 is 21.8 Å². The van der Waals surface area contributed by atoms with Gasteiger partial charge in [-0.25, -0.2) is 4.98 Å². The fourth-order valence-corrected chi connectivity index (χ4v) is 2.29. The standard InChI is InChI=1S/C16H11N3/c1-2-6-12-10-17-15(9-11(12)5-1)16-18-13-7-3-4-8-14(13)19-16/h1-10H,(H,18,19). The van der Waals surface area contributed by atoms with Gasteiger partial charge in [0.15, 0.2) is 5.82 Å². The Morgan fingerprint density at radius 2 is 1.63 bits per heavy atom. The molecule has 0 aliphatic heterocycles. The van der Waals surface area contributed by atoms with Crippen molar-refractivity contribution in [3.63, 3.8) is 0 Å². The highest BCUT2D eigenvalue weighted by Crippen LogP contribution is 2.22. The van der Waals surface area contributed by atoms with Crippen LogP contribution >= 0.6 is 0 Å². The molecule has 3 nitrogen and oxygen atoms in total. The van der Waals surface area contributed by atoms with Crippen molar-refractivity contribution in [3.05, 3.63) is 60.8 Å². The summed E-state index contributed by atoms with van der Waals surface area (Å²) < 4.78 is 0. The molecule has 2 aromatic carbocycles. The number of aromatic amines is 1. The van der Waals surface area contributed by atoms with E-state index in [2.05, 4.69) is 33.2 Å². The predicted octanol–water partition coefficient (Wildman–Crippen LogP) is 3.78. The summed E-state index contributed by atoms with van der Waals surface area (Å²) in [5.41, 5.74) is 2.87. The summed E-state index contributed by atoms with van der Waals surface area (Å²) in [5.74, 6) is 0.812. The first-order valence-electron chi connectivity index (χ1n) is 6.20. The number of hydrogen-bond acceptors (Lipinski definition) is 2. The highest BCUT2D eigenvalue weighted by molar-refractivity contribution is 5.85. The van der Waals surface area contributed by atoms with Crippen LogP contribution in [-0.2, 0) is 0 Å². The monoisotopic (exact) mass is 245 g/mol. The Labute approximate surface area is 110 Å². The van der Waals surface area contributed by atoms with Gasteiger partial charge in [-0.05, 0) is 23.6 Å². The van der Waals surface area contributed by atoms with Crippen molar-refractivity contribution in [1.29, 1.82) is 0 Å². The molecule has 0 saturated heterocycles. The molecular formula is C16H11N3. The van der Waals surface area contributed by atoms with Crippen molar-refractivity contribution in [1.82, 2.24) is 15.0 Å². The SMILES string of the molecule is c1ccc2cc(-c3nc4ccccc4[nH]3)ncc2c1. The number of nitrogens with zero attached hydrogens (tertiary/aromatic N) is 2. The molecule has 0 saturated carbocycles. The maximum absolute atomic E-state index is 4.57. The molecule has 0 spiro atoms. The summed E-state index contributed by atoms with van der Waals surface area (Å²) >= 11 is 0. The summed E-state index contributed by atoms with van der Waals surface area (Å²) in [4.78, 5) is 12.4. The Morgan fingerprint density at radius 3 is 2.53 bits per heavy atom. The summed E-state index contributed by atoms with van der Waals surface area (Å²) in [6.45, 7) is 0. The average Bonchev–Trinajstić information content (AvgIpc) is 2.90. The van der Waals surface area contributed by atoms with Gasteiger partial charge < -0.3 is 4.98 Å². The normalized spacial score (nSPS) is 11.2. The van der Waals surface area contributed by atoms with Crippen LogP contribution in [0, 0.1) is 0 Å². The minimum absolute atomic E-state index is 0.812. The first-order chi connectivity index (χ1) is 9.40. The molecule has 0 bridgehead atoms. The summed E-state index contributed by atoms with van der Waals surface area (Å²) in [7, 11) is 0. The number of rotatable bonds is 1. The molecule has 0 amide bonds. The molecule has 0 fully saturated rings. The molecule has 2 aromatic heterocycles. The molecule has 2 heterocycles. The number of hydrogen-bond donors (Lipinski definition) is 1. The van der Waals surface area contributed by atoms with Crippen LogP contribution in [0.25, 0.3) is 33.3 Å². The van der Waals surface area contributed by atoms with Crippen LogP contribution in [0.5, 0.6) is 0 Å². The van der Waals surface area contributed by atoms with Crippen LogP contribution in [-0.4, -0.2) is 15.0 Å². The largest absolute Gasteiger partial charge is 0.337 e. The van der Waals surface area contributed by atoms with E-state index >= 15 is 0 Å². The van der Waals surface area contributed by atoms with Crippen molar-refractivity contribution in [2.24, 2.45) is 0 Å².